The molecule has 5 heteroatoms. The molecule has 0 N–H and O–H groups in total. The molecule has 2 atom stereocenters. The van der Waals surface area contributed by atoms with Gasteiger partial charge in [-0.05, 0) is 24.7 Å². The molecule has 132 valence electrons. The summed E-state index contributed by atoms with van der Waals surface area (Å²) in [5, 5.41) is 4.02. The standard InChI is InChI=1S/C20H25N3O2/c24-19(23-13-12-15-6-4-5-9-17(15)14-23)11-10-18-21-20(22-25-18)16-7-2-1-3-8-16/h1-3,7-8,15,17H,4-6,9-14H2/t15-,17-/m1/s1. The summed E-state index contributed by atoms with van der Waals surface area (Å²) in [6, 6.07) is 9.76. The van der Waals surface area contributed by atoms with Gasteiger partial charge in [0.1, 0.15) is 0 Å². The summed E-state index contributed by atoms with van der Waals surface area (Å²) in [4.78, 5) is 19.0. The highest BCUT2D eigenvalue weighted by atomic mass is 16.5. The van der Waals surface area contributed by atoms with Gasteiger partial charge in [0.05, 0.1) is 0 Å². The Morgan fingerprint density at radius 1 is 1.12 bits per heavy atom. The van der Waals surface area contributed by atoms with Crippen molar-refractivity contribution in [2.45, 2.75) is 44.9 Å². The van der Waals surface area contributed by atoms with Crippen molar-refractivity contribution >= 4 is 5.91 Å². The summed E-state index contributed by atoms with van der Waals surface area (Å²) in [7, 11) is 0. The van der Waals surface area contributed by atoms with Crippen LogP contribution >= 0.6 is 0 Å². The Labute approximate surface area is 148 Å². The van der Waals surface area contributed by atoms with Gasteiger partial charge in [-0.15, -0.1) is 0 Å². The molecule has 0 spiro atoms. The Bertz CT molecular complexity index is 713. The fourth-order valence-corrected chi connectivity index (χ4v) is 4.26. The van der Waals surface area contributed by atoms with E-state index in [2.05, 4.69) is 15.0 Å². The van der Waals surface area contributed by atoms with Gasteiger partial charge < -0.3 is 9.42 Å². The number of aryl methyl sites for hydroxylation is 1. The average molecular weight is 339 g/mol. The molecule has 4 rings (SSSR count). The summed E-state index contributed by atoms with van der Waals surface area (Å²) < 4.78 is 5.31. The highest BCUT2D eigenvalue weighted by Crippen LogP contribution is 2.36. The molecule has 25 heavy (non-hydrogen) atoms. The van der Waals surface area contributed by atoms with Crippen LogP contribution in [0.25, 0.3) is 11.4 Å². The van der Waals surface area contributed by atoms with Gasteiger partial charge in [0.15, 0.2) is 0 Å². The number of carbonyl (C=O) groups is 1. The normalized spacial score (nSPS) is 23.3. The first-order valence-corrected chi connectivity index (χ1v) is 9.45. The zero-order valence-corrected chi connectivity index (χ0v) is 14.6. The van der Waals surface area contributed by atoms with Gasteiger partial charge in [0.25, 0.3) is 0 Å². The number of hydrogen-bond acceptors (Lipinski definition) is 4. The van der Waals surface area contributed by atoms with Crippen molar-refractivity contribution in [1.29, 1.82) is 0 Å². The van der Waals surface area contributed by atoms with E-state index >= 15 is 0 Å². The minimum Gasteiger partial charge on any atom is -0.342 e. The Kier molecular flexibility index (Phi) is 4.81. The van der Waals surface area contributed by atoms with Gasteiger partial charge in [-0.25, -0.2) is 0 Å². The number of piperidine rings is 1. The number of amides is 1. The van der Waals surface area contributed by atoms with Crippen LogP contribution < -0.4 is 0 Å². The average Bonchev–Trinajstić information content (AvgIpc) is 3.15. The van der Waals surface area contributed by atoms with Crippen molar-refractivity contribution in [2.75, 3.05) is 13.1 Å². The first-order valence-electron chi connectivity index (χ1n) is 9.45. The molecule has 1 saturated heterocycles. The third-order valence-electron chi connectivity index (χ3n) is 5.70. The maximum atomic E-state index is 12.6. The number of likely N-dealkylation sites (tertiary alicyclic amines) is 1. The van der Waals surface area contributed by atoms with Crippen LogP contribution in [0.2, 0.25) is 0 Å². The van der Waals surface area contributed by atoms with Gasteiger partial charge in [-0.1, -0.05) is 54.8 Å². The lowest BCUT2D eigenvalue weighted by Crippen LogP contribution is -2.44. The Morgan fingerprint density at radius 2 is 1.92 bits per heavy atom. The van der Waals surface area contributed by atoms with Gasteiger partial charge in [0.2, 0.25) is 17.6 Å². The molecule has 1 aromatic heterocycles. The second-order valence-electron chi connectivity index (χ2n) is 7.31. The molecule has 0 bridgehead atoms. The van der Waals surface area contributed by atoms with E-state index in [0.29, 0.717) is 24.6 Å². The Hall–Kier alpha value is -2.17. The number of fused-ring (bicyclic) bond motifs is 1. The molecule has 1 aromatic carbocycles. The minimum absolute atomic E-state index is 0.225. The third-order valence-corrected chi connectivity index (χ3v) is 5.70. The summed E-state index contributed by atoms with van der Waals surface area (Å²) in [5.74, 6) is 2.93. The van der Waals surface area contributed by atoms with Crippen LogP contribution in [0.4, 0.5) is 0 Å². The number of rotatable bonds is 4. The molecule has 1 saturated carbocycles. The zero-order valence-electron chi connectivity index (χ0n) is 14.6. The number of aromatic nitrogens is 2. The Balaban J connectivity index is 1.31. The van der Waals surface area contributed by atoms with Crippen LogP contribution in [0, 0.1) is 11.8 Å². The number of nitrogens with zero attached hydrogens (tertiary/aromatic N) is 3. The quantitative estimate of drug-likeness (QED) is 0.852. The first-order chi connectivity index (χ1) is 12.3. The van der Waals surface area contributed by atoms with Crippen LogP contribution in [0.15, 0.2) is 34.9 Å². The topological polar surface area (TPSA) is 59.2 Å². The fraction of sp³-hybridized carbons (Fsp3) is 0.550. The molecule has 1 aliphatic carbocycles. The predicted molar refractivity (Wildman–Crippen MR) is 94.7 cm³/mol. The largest absolute Gasteiger partial charge is 0.342 e. The van der Waals surface area contributed by atoms with Crippen molar-refractivity contribution in [3.8, 4) is 11.4 Å². The highest BCUT2D eigenvalue weighted by molar-refractivity contribution is 5.76. The van der Waals surface area contributed by atoms with E-state index in [1.807, 2.05) is 30.3 Å². The molecule has 2 heterocycles. The molecule has 5 nitrogen and oxygen atoms in total. The Morgan fingerprint density at radius 3 is 2.76 bits per heavy atom. The van der Waals surface area contributed by atoms with Crippen molar-refractivity contribution < 1.29 is 9.32 Å². The van der Waals surface area contributed by atoms with Gasteiger partial charge in [-0.2, -0.15) is 4.98 Å². The monoisotopic (exact) mass is 339 g/mol. The van der Waals surface area contributed by atoms with E-state index < -0.39 is 0 Å². The summed E-state index contributed by atoms with van der Waals surface area (Å²) in [6.07, 6.45) is 7.49. The van der Waals surface area contributed by atoms with E-state index in [1.54, 1.807) is 0 Å². The number of hydrogen-bond donors (Lipinski definition) is 0. The van der Waals surface area contributed by atoms with Gasteiger partial charge in [-0.3, -0.25) is 4.79 Å². The smallest absolute Gasteiger partial charge is 0.227 e. The maximum Gasteiger partial charge on any atom is 0.227 e. The fourth-order valence-electron chi connectivity index (χ4n) is 4.26. The van der Waals surface area contributed by atoms with Gasteiger partial charge >= 0.3 is 0 Å². The summed E-state index contributed by atoms with van der Waals surface area (Å²) >= 11 is 0. The van der Waals surface area contributed by atoms with Crippen LogP contribution in [0.5, 0.6) is 0 Å². The van der Waals surface area contributed by atoms with Crippen LogP contribution in [0.1, 0.15) is 44.4 Å². The molecule has 1 aliphatic heterocycles. The molecule has 0 unspecified atom stereocenters. The molecular formula is C20H25N3O2. The van der Waals surface area contributed by atoms with Crippen molar-refractivity contribution in [2.24, 2.45) is 11.8 Å². The second kappa shape index (κ2) is 7.38. The summed E-state index contributed by atoms with van der Waals surface area (Å²) in [6.45, 7) is 1.86. The highest BCUT2D eigenvalue weighted by Gasteiger charge is 2.32. The molecule has 2 aliphatic rings. The van der Waals surface area contributed by atoms with Crippen LogP contribution in [0.3, 0.4) is 0 Å². The lowest BCUT2D eigenvalue weighted by atomic mass is 9.75. The number of benzene rings is 1. The molecule has 1 amide bonds. The lowest BCUT2D eigenvalue weighted by molar-refractivity contribution is -0.134. The number of carbonyl (C=O) groups excluding carboxylic acids is 1. The van der Waals surface area contributed by atoms with Crippen LogP contribution in [-0.4, -0.2) is 34.0 Å². The maximum absolute atomic E-state index is 12.6. The van der Waals surface area contributed by atoms with E-state index in [1.165, 1.54) is 32.1 Å². The van der Waals surface area contributed by atoms with E-state index in [9.17, 15) is 4.79 Å². The van der Waals surface area contributed by atoms with Crippen LogP contribution in [-0.2, 0) is 11.2 Å². The van der Waals surface area contributed by atoms with Crippen molar-refractivity contribution in [3.05, 3.63) is 36.2 Å². The molecule has 0 radical (unpaired) electrons. The molecule has 2 fully saturated rings. The predicted octanol–water partition coefficient (Wildman–Crippen LogP) is 3.71. The molecule has 2 aromatic rings. The van der Waals surface area contributed by atoms with Crippen molar-refractivity contribution in [3.63, 3.8) is 0 Å². The summed E-state index contributed by atoms with van der Waals surface area (Å²) in [5.41, 5.74) is 0.934. The SMILES string of the molecule is O=C(CCc1nc(-c2ccccc2)no1)N1CC[C@H]2CCCC[C@@H]2C1. The van der Waals surface area contributed by atoms with E-state index in [-0.39, 0.29) is 5.91 Å². The lowest BCUT2D eigenvalue weighted by Gasteiger charge is -2.41. The first kappa shape index (κ1) is 16.3. The molecular weight excluding hydrogens is 314 g/mol. The zero-order chi connectivity index (χ0) is 17.1. The van der Waals surface area contributed by atoms with Crippen molar-refractivity contribution in [1.82, 2.24) is 15.0 Å². The minimum atomic E-state index is 0.225. The van der Waals surface area contributed by atoms with E-state index in [0.717, 1.165) is 30.5 Å². The van der Waals surface area contributed by atoms with Gasteiger partial charge in [0, 0.05) is 31.5 Å². The third kappa shape index (κ3) is 3.75. The van der Waals surface area contributed by atoms with E-state index in [4.69, 9.17) is 4.52 Å². The second-order valence-corrected chi connectivity index (χ2v) is 7.31.